The number of nitrogens with one attached hydrogen (secondary N) is 1. The van der Waals surface area contributed by atoms with Gasteiger partial charge in [0.1, 0.15) is 0 Å². The van der Waals surface area contributed by atoms with Crippen molar-refractivity contribution in [3.05, 3.63) is 0 Å². The summed E-state index contributed by atoms with van der Waals surface area (Å²) in [6, 6.07) is -0.341. The Hall–Kier alpha value is -1.30. The van der Waals surface area contributed by atoms with Crippen LogP contribution >= 0.6 is 0 Å². The third-order valence-electron chi connectivity index (χ3n) is 5.56. The van der Waals surface area contributed by atoms with Crippen molar-refractivity contribution in [2.24, 2.45) is 16.7 Å². The highest BCUT2D eigenvalue weighted by molar-refractivity contribution is 5.75. The summed E-state index contributed by atoms with van der Waals surface area (Å²) < 4.78 is 0. The monoisotopic (exact) mass is 284 g/mol. The van der Waals surface area contributed by atoms with Gasteiger partial charge >= 0.3 is 12.0 Å². The van der Waals surface area contributed by atoms with Gasteiger partial charge in [0.2, 0.25) is 0 Å². The number of amides is 2. The summed E-state index contributed by atoms with van der Waals surface area (Å²) in [6.07, 6.45) is 1.22. The van der Waals surface area contributed by atoms with Crippen LogP contribution in [-0.2, 0) is 9.63 Å². The molecular formula is C14H24N2O4. The predicted molar refractivity (Wildman–Crippen MR) is 72.9 cm³/mol. The number of nitrogens with zero attached hydrogens (tertiary/aromatic N) is 1. The predicted octanol–water partition coefficient (Wildman–Crippen LogP) is 1.86. The van der Waals surface area contributed by atoms with Crippen LogP contribution in [0.2, 0.25) is 0 Å². The summed E-state index contributed by atoms with van der Waals surface area (Å²) in [5.41, 5.74) is 2.60. The number of likely N-dealkylation sites (tertiary alicyclic amines) is 1. The maximum atomic E-state index is 12.1. The van der Waals surface area contributed by atoms with Gasteiger partial charge in [0.25, 0.3) is 0 Å². The molecule has 2 bridgehead atoms. The molecule has 6 heteroatoms. The number of carbonyl (C=O) groups excluding carboxylic acids is 1. The van der Waals surface area contributed by atoms with Gasteiger partial charge in [0.05, 0.1) is 0 Å². The summed E-state index contributed by atoms with van der Waals surface area (Å²) in [5, 5.41) is 8.72. The zero-order valence-electron chi connectivity index (χ0n) is 12.6. The smallest absolute Gasteiger partial charge is 0.341 e. The van der Waals surface area contributed by atoms with Crippen LogP contribution in [0, 0.1) is 16.7 Å². The van der Waals surface area contributed by atoms with E-state index in [0.29, 0.717) is 19.0 Å². The molecule has 0 spiro atoms. The molecule has 1 aliphatic heterocycles. The van der Waals surface area contributed by atoms with Crippen molar-refractivity contribution in [3.8, 4) is 0 Å². The molecule has 1 aliphatic carbocycles. The van der Waals surface area contributed by atoms with E-state index in [9.17, 15) is 9.59 Å². The molecule has 0 aromatic rings. The van der Waals surface area contributed by atoms with E-state index in [2.05, 4.69) is 26.3 Å². The minimum atomic E-state index is -1.10. The van der Waals surface area contributed by atoms with Gasteiger partial charge < -0.3 is 10.0 Å². The molecule has 2 N–H and O–H groups in total. The first-order valence-electron chi connectivity index (χ1n) is 7.11. The molecule has 0 aromatic heterocycles. The average molecular weight is 284 g/mol. The highest BCUT2D eigenvalue weighted by Crippen LogP contribution is 2.58. The van der Waals surface area contributed by atoms with E-state index in [1.807, 2.05) is 0 Å². The van der Waals surface area contributed by atoms with E-state index in [1.165, 1.54) is 6.92 Å². The normalized spacial score (nSPS) is 32.8. The molecular weight excluding hydrogens is 260 g/mol. The minimum Gasteiger partial charge on any atom is -0.479 e. The summed E-state index contributed by atoms with van der Waals surface area (Å²) in [5.74, 6) is -0.610. The third-order valence-corrected chi connectivity index (χ3v) is 5.56. The fourth-order valence-electron chi connectivity index (χ4n) is 3.43. The SMILES string of the molecule is C[C@H](ONC(=O)N1C[C@H]2CC[C@@](C)(C1)C2(C)C)C(=O)O. The molecule has 20 heavy (non-hydrogen) atoms. The first-order valence-corrected chi connectivity index (χ1v) is 7.11. The zero-order valence-corrected chi connectivity index (χ0v) is 12.6. The molecule has 3 atom stereocenters. The Morgan fingerprint density at radius 2 is 2.05 bits per heavy atom. The van der Waals surface area contributed by atoms with Crippen molar-refractivity contribution in [1.82, 2.24) is 10.4 Å². The van der Waals surface area contributed by atoms with Gasteiger partial charge in [-0.3, -0.25) is 4.84 Å². The standard InChI is InChI=1S/C14H24N2O4/c1-9(11(17)18)20-15-12(19)16-7-10-5-6-14(4,8-16)13(10,2)3/h9-10H,5-8H2,1-4H3,(H,15,19)(H,17,18)/t9-,10+,14-/m0/s1. The second kappa shape index (κ2) is 4.91. The molecule has 1 heterocycles. The molecule has 114 valence electrons. The first-order chi connectivity index (χ1) is 9.17. The Morgan fingerprint density at radius 1 is 1.40 bits per heavy atom. The number of carboxylic acid groups (broad SMARTS) is 1. The van der Waals surface area contributed by atoms with Crippen molar-refractivity contribution >= 4 is 12.0 Å². The van der Waals surface area contributed by atoms with Gasteiger partial charge in [0.15, 0.2) is 6.10 Å². The Labute approximate surface area is 119 Å². The van der Waals surface area contributed by atoms with Crippen molar-refractivity contribution < 1.29 is 19.5 Å². The number of rotatable bonds is 3. The molecule has 1 saturated heterocycles. The molecule has 1 saturated carbocycles. The van der Waals surface area contributed by atoms with Gasteiger partial charge in [0, 0.05) is 13.1 Å². The van der Waals surface area contributed by atoms with Crippen molar-refractivity contribution in [3.63, 3.8) is 0 Å². The van der Waals surface area contributed by atoms with Crippen molar-refractivity contribution in [1.29, 1.82) is 0 Å². The quantitative estimate of drug-likeness (QED) is 0.775. The van der Waals surface area contributed by atoms with Crippen molar-refractivity contribution in [2.45, 2.75) is 46.6 Å². The highest BCUT2D eigenvalue weighted by Gasteiger charge is 2.56. The zero-order chi connectivity index (χ0) is 15.1. The number of fused-ring (bicyclic) bond motifs is 2. The van der Waals surface area contributed by atoms with Gasteiger partial charge in [-0.15, -0.1) is 0 Å². The fourth-order valence-corrected chi connectivity index (χ4v) is 3.43. The number of hydroxylamine groups is 1. The van der Waals surface area contributed by atoms with Crippen LogP contribution in [0.25, 0.3) is 0 Å². The summed E-state index contributed by atoms with van der Waals surface area (Å²) in [4.78, 5) is 29.3. The Balaban J connectivity index is 1.96. The van der Waals surface area contributed by atoms with Crippen LogP contribution in [0.3, 0.4) is 0 Å². The van der Waals surface area contributed by atoms with Gasteiger partial charge in [-0.1, -0.05) is 20.8 Å². The van der Waals surface area contributed by atoms with E-state index in [0.717, 1.165) is 12.8 Å². The molecule has 6 nitrogen and oxygen atoms in total. The largest absolute Gasteiger partial charge is 0.479 e. The third kappa shape index (κ3) is 2.37. The number of carboxylic acids is 1. The summed E-state index contributed by atoms with van der Waals surface area (Å²) in [6.45, 7) is 9.57. The van der Waals surface area contributed by atoms with E-state index < -0.39 is 12.1 Å². The van der Waals surface area contributed by atoms with E-state index >= 15 is 0 Å². The minimum absolute atomic E-state index is 0.117. The molecule has 0 unspecified atom stereocenters. The van der Waals surface area contributed by atoms with E-state index in [4.69, 9.17) is 9.94 Å². The molecule has 2 amide bonds. The van der Waals surface area contributed by atoms with Crippen molar-refractivity contribution in [2.75, 3.05) is 13.1 Å². The first kappa shape index (κ1) is 15.1. The van der Waals surface area contributed by atoms with Crippen LogP contribution in [0.1, 0.15) is 40.5 Å². The number of piperidine rings is 1. The van der Waals surface area contributed by atoms with Crippen LogP contribution in [-0.4, -0.2) is 41.2 Å². The fraction of sp³-hybridized carbons (Fsp3) is 0.857. The number of carbonyl (C=O) groups is 2. The maximum Gasteiger partial charge on any atom is 0.341 e. The summed E-state index contributed by atoms with van der Waals surface area (Å²) >= 11 is 0. The topological polar surface area (TPSA) is 78.9 Å². The molecule has 2 rings (SSSR count). The molecule has 0 radical (unpaired) electrons. The van der Waals surface area contributed by atoms with Crippen LogP contribution < -0.4 is 5.48 Å². The number of urea groups is 1. The second-order valence-corrected chi connectivity index (χ2v) is 6.90. The number of hydrogen-bond donors (Lipinski definition) is 2. The second-order valence-electron chi connectivity index (χ2n) is 6.90. The lowest BCUT2D eigenvalue weighted by Crippen LogP contribution is -2.56. The van der Waals surface area contributed by atoms with Gasteiger partial charge in [-0.2, -0.15) is 0 Å². The molecule has 0 aromatic carbocycles. The molecule has 2 fully saturated rings. The summed E-state index contributed by atoms with van der Waals surface area (Å²) in [7, 11) is 0. The Morgan fingerprint density at radius 3 is 2.60 bits per heavy atom. The lowest BCUT2D eigenvalue weighted by molar-refractivity contribution is -0.152. The van der Waals surface area contributed by atoms with Crippen LogP contribution in [0.4, 0.5) is 4.79 Å². The number of hydrogen-bond acceptors (Lipinski definition) is 3. The Bertz CT molecular complexity index is 423. The Kier molecular flexibility index (Phi) is 3.71. The lowest BCUT2D eigenvalue weighted by atomic mass is 9.63. The average Bonchev–Trinajstić information content (AvgIpc) is 2.54. The van der Waals surface area contributed by atoms with Crippen LogP contribution in [0.15, 0.2) is 0 Å². The van der Waals surface area contributed by atoms with E-state index in [-0.39, 0.29) is 16.9 Å². The van der Waals surface area contributed by atoms with E-state index in [1.54, 1.807) is 4.90 Å². The highest BCUT2D eigenvalue weighted by atomic mass is 16.7. The molecule has 2 aliphatic rings. The van der Waals surface area contributed by atoms with Gasteiger partial charge in [-0.25, -0.2) is 15.1 Å². The lowest BCUT2D eigenvalue weighted by Gasteiger charge is -2.50. The van der Waals surface area contributed by atoms with Crippen LogP contribution in [0.5, 0.6) is 0 Å². The maximum absolute atomic E-state index is 12.1. The van der Waals surface area contributed by atoms with Gasteiger partial charge in [-0.05, 0) is 36.5 Å². The number of aliphatic carboxylic acids is 1.